The van der Waals surface area contributed by atoms with Crippen molar-refractivity contribution in [1.29, 1.82) is 0 Å². The molecule has 0 aromatic rings. The Morgan fingerprint density at radius 1 is 1.36 bits per heavy atom. The number of allylic oxidation sites excluding steroid dienone is 1. The van der Waals surface area contributed by atoms with Crippen molar-refractivity contribution in [1.82, 2.24) is 0 Å². The van der Waals surface area contributed by atoms with Gasteiger partial charge in [0.25, 0.3) is 0 Å². The lowest BCUT2D eigenvalue weighted by atomic mass is 9.96. The van der Waals surface area contributed by atoms with Gasteiger partial charge in [-0.25, -0.2) is 4.79 Å². The minimum atomic E-state index is -0.960. The lowest BCUT2D eigenvalue weighted by Crippen LogP contribution is -2.03. The first-order valence-corrected chi connectivity index (χ1v) is 4.67. The van der Waals surface area contributed by atoms with E-state index in [-0.39, 0.29) is 12.3 Å². The Labute approximate surface area is 83.2 Å². The molecule has 0 aromatic carbocycles. The summed E-state index contributed by atoms with van der Waals surface area (Å²) in [7, 11) is 0. The van der Waals surface area contributed by atoms with Gasteiger partial charge in [0.05, 0.1) is 0 Å². The quantitative estimate of drug-likeness (QED) is 0.615. The van der Waals surface area contributed by atoms with Crippen molar-refractivity contribution in [2.24, 2.45) is 5.92 Å². The minimum absolute atomic E-state index is 0.152. The maximum absolute atomic E-state index is 10.3. The Morgan fingerprint density at radius 2 is 2.00 bits per heavy atom. The standard InChI is InChI=1S/C10H16O4/c1-2-8(6-7-10(13)14)4-3-5-9(11)12/h3,5,8H,2,4,6-7H2,1H3,(H,11,12)(H,13,14)/b5-3+. The minimum Gasteiger partial charge on any atom is -0.481 e. The van der Waals surface area contributed by atoms with Gasteiger partial charge in [-0.05, 0) is 18.8 Å². The molecule has 80 valence electrons. The average Bonchev–Trinajstić information content (AvgIpc) is 2.10. The van der Waals surface area contributed by atoms with Crippen LogP contribution in [0.2, 0.25) is 0 Å². The van der Waals surface area contributed by atoms with Crippen LogP contribution in [0.4, 0.5) is 0 Å². The highest BCUT2D eigenvalue weighted by Crippen LogP contribution is 2.15. The van der Waals surface area contributed by atoms with Gasteiger partial charge in [0.1, 0.15) is 0 Å². The fourth-order valence-electron chi connectivity index (χ4n) is 1.18. The lowest BCUT2D eigenvalue weighted by molar-refractivity contribution is -0.137. The van der Waals surface area contributed by atoms with Crippen molar-refractivity contribution in [2.75, 3.05) is 0 Å². The monoisotopic (exact) mass is 200 g/mol. The van der Waals surface area contributed by atoms with Crippen LogP contribution in [-0.2, 0) is 9.59 Å². The van der Waals surface area contributed by atoms with Crippen LogP contribution in [0.1, 0.15) is 32.6 Å². The van der Waals surface area contributed by atoms with E-state index in [1.165, 1.54) is 0 Å². The summed E-state index contributed by atoms with van der Waals surface area (Å²) in [6, 6.07) is 0. The predicted molar refractivity (Wildman–Crippen MR) is 52.0 cm³/mol. The van der Waals surface area contributed by atoms with E-state index in [1.54, 1.807) is 6.08 Å². The zero-order valence-corrected chi connectivity index (χ0v) is 8.27. The zero-order valence-electron chi connectivity index (χ0n) is 8.27. The van der Waals surface area contributed by atoms with E-state index in [0.717, 1.165) is 12.5 Å². The summed E-state index contributed by atoms with van der Waals surface area (Å²) in [5.41, 5.74) is 0. The summed E-state index contributed by atoms with van der Waals surface area (Å²) in [5, 5.41) is 16.8. The molecule has 0 bridgehead atoms. The van der Waals surface area contributed by atoms with Crippen molar-refractivity contribution in [3.05, 3.63) is 12.2 Å². The number of rotatable bonds is 7. The van der Waals surface area contributed by atoms with E-state index in [1.807, 2.05) is 6.92 Å². The molecule has 0 amide bonds. The Kier molecular flexibility index (Phi) is 6.45. The first kappa shape index (κ1) is 12.7. The second-order valence-electron chi connectivity index (χ2n) is 3.18. The SMILES string of the molecule is CCC(C/C=C/C(=O)O)CCC(=O)O. The number of carboxylic acid groups (broad SMARTS) is 2. The van der Waals surface area contributed by atoms with Gasteiger partial charge < -0.3 is 10.2 Å². The summed E-state index contributed by atoms with van der Waals surface area (Å²) in [5.74, 6) is -1.49. The van der Waals surface area contributed by atoms with E-state index < -0.39 is 11.9 Å². The summed E-state index contributed by atoms with van der Waals surface area (Å²) < 4.78 is 0. The molecule has 0 fully saturated rings. The Hall–Kier alpha value is -1.32. The van der Waals surface area contributed by atoms with E-state index in [0.29, 0.717) is 12.8 Å². The highest BCUT2D eigenvalue weighted by Gasteiger charge is 2.06. The molecule has 4 heteroatoms. The van der Waals surface area contributed by atoms with Gasteiger partial charge in [0.15, 0.2) is 0 Å². The van der Waals surface area contributed by atoms with Crippen molar-refractivity contribution in [2.45, 2.75) is 32.6 Å². The van der Waals surface area contributed by atoms with Crippen LogP contribution in [0.15, 0.2) is 12.2 Å². The van der Waals surface area contributed by atoms with Gasteiger partial charge in [-0.2, -0.15) is 0 Å². The highest BCUT2D eigenvalue weighted by molar-refractivity contribution is 5.79. The molecule has 0 aliphatic heterocycles. The predicted octanol–water partition coefficient (Wildman–Crippen LogP) is 1.91. The molecule has 0 saturated heterocycles. The van der Waals surface area contributed by atoms with E-state index in [2.05, 4.69) is 0 Å². The Balaban J connectivity index is 3.79. The second-order valence-corrected chi connectivity index (χ2v) is 3.18. The van der Waals surface area contributed by atoms with Gasteiger partial charge in [-0.15, -0.1) is 0 Å². The largest absolute Gasteiger partial charge is 0.481 e. The molecule has 0 aromatic heterocycles. The Morgan fingerprint density at radius 3 is 2.43 bits per heavy atom. The van der Waals surface area contributed by atoms with Crippen LogP contribution in [0.3, 0.4) is 0 Å². The number of hydrogen-bond donors (Lipinski definition) is 2. The van der Waals surface area contributed by atoms with Crippen LogP contribution < -0.4 is 0 Å². The molecule has 0 aliphatic rings. The molecule has 14 heavy (non-hydrogen) atoms. The molecule has 2 N–H and O–H groups in total. The third kappa shape index (κ3) is 7.34. The maximum Gasteiger partial charge on any atom is 0.327 e. The van der Waals surface area contributed by atoms with Crippen molar-refractivity contribution < 1.29 is 19.8 Å². The van der Waals surface area contributed by atoms with E-state index >= 15 is 0 Å². The molecule has 0 rings (SSSR count). The number of carboxylic acids is 2. The summed E-state index contributed by atoms with van der Waals surface area (Å²) >= 11 is 0. The zero-order chi connectivity index (χ0) is 11.0. The summed E-state index contributed by atoms with van der Waals surface area (Å²) in [6.45, 7) is 1.97. The van der Waals surface area contributed by atoms with Gasteiger partial charge in [-0.3, -0.25) is 4.79 Å². The maximum atomic E-state index is 10.3. The van der Waals surface area contributed by atoms with Crippen LogP contribution in [0.25, 0.3) is 0 Å². The average molecular weight is 200 g/mol. The fourth-order valence-corrected chi connectivity index (χ4v) is 1.18. The van der Waals surface area contributed by atoms with Gasteiger partial charge in [0, 0.05) is 12.5 Å². The van der Waals surface area contributed by atoms with E-state index in [4.69, 9.17) is 10.2 Å². The molecule has 1 unspecified atom stereocenters. The smallest absolute Gasteiger partial charge is 0.327 e. The molecule has 0 aliphatic carbocycles. The molecule has 0 spiro atoms. The van der Waals surface area contributed by atoms with Crippen LogP contribution >= 0.6 is 0 Å². The highest BCUT2D eigenvalue weighted by atomic mass is 16.4. The van der Waals surface area contributed by atoms with Crippen LogP contribution in [-0.4, -0.2) is 22.2 Å². The third-order valence-corrected chi connectivity index (χ3v) is 2.07. The number of hydrogen-bond acceptors (Lipinski definition) is 2. The summed E-state index contributed by atoms with van der Waals surface area (Å²) in [4.78, 5) is 20.4. The molecule has 4 nitrogen and oxygen atoms in total. The molecule has 0 saturated carbocycles. The molecular formula is C10H16O4. The molecule has 1 atom stereocenters. The van der Waals surface area contributed by atoms with Crippen molar-refractivity contribution in [3.8, 4) is 0 Å². The topological polar surface area (TPSA) is 74.6 Å². The molecule has 0 heterocycles. The third-order valence-electron chi connectivity index (χ3n) is 2.07. The van der Waals surface area contributed by atoms with Crippen molar-refractivity contribution in [3.63, 3.8) is 0 Å². The summed E-state index contributed by atoms with van der Waals surface area (Å²) in [6.07, 6.45) is 4.95. The fraction of sp³-hybridized carbons (Fsp3) is 0.600. The number of carbonyl (C=O) groups is 2. The normalized spacial score (nSPS) is 12.9. The lowest BCUT2D eigenvalue weighted by Gasteiger charge is -2.09. The van der Waals surface area contributed by atoms with E-state index in [9.17, 15) is 9.59 Å². The van der Waals surface area contributed by atoms with Crippen LogP contribution in [0, 0.1) is 5.92 Å². The first-order chi connectivity index (χ1) is 6.56. The second kappa shape index (κ2) is 7.12. The van der Waals surface area contributed by atoms with Crippen LogP contribution in [0.5, 0.6) is 0 Å². The van der Waals surface area contributed by atoms with Crippen molar-refractivity contribution >= 4 is 11.9 Å². The molecular weight excluding hydrogens is 184 g/mol. The van der Waals surface area contributed by atoms with Gasteiger partial charge >= 0.3 is 11.9 Å². The first-order valence-electron chi connectivity index (χ1n) is 4.67. The van der Waals surface area contributed by atoms with Gasteiger partial charge in [-0.1, -0.05) is 19.4 Å². The number of aliphatic carboxylic acids is 2. The Bertz CT molecular complexity index is 220. The van der Waals surface area contributed by atoms with Gasteiger partial charge in [0.2, 0.25) is 0 Å². The molecule has 0 radical (unpaired) electrons.